The SMILES string of the molecule is CC(C)OCCCN=C(N)N1CCN(C(=O)OC(C)(C)C)CC1. The minimum atomic E-state index is -0.466. The van der Waals surface area contributed by atoms with E-state index in [-0.39, 0.29) is 12.2 Å². The lowest BCUT2D eigenvalue weighted by Crippen LogP contribution is -2.53. The lowest BCUT2D eigenvalue weighted by atomic mass is 10.2. The molecule has 0 saturated carbocycles. The van der Waals surface area contributed by atoms with Gasteiger partial charge in [-0.2, -0.15) is 0 Å². The largest absolute Gasteiger partial charge is 0.444 e. The Morgan fingerprint density at radius 1 is 1.17 bits per heavy atom. The van der Waals surface area contributed by atoms with Gasteiger partial charge in [-0.05, 0) is 41.0 Å². The molecule has 1 amide bonds. The van der Waals surface area contributed by atoms with E-state index >= 15 is 0 Å². The van der Waals surface area contributed by atoms with Gasteiger partial charge in [-0.3, -0.25) is 4.99 Å². The summed E-state index contributed by atoms with van der Waals surface area (Å²) in [6.45, 7) is 13.5. The normalized spacial score (nSPS) is 16.9. The van der Waals surface area contributed by atoms with Gasteiger partial charge in [0.25, 0.3) is 0 Å². The van der Waals surface area contributed by atoms with Crippen LogP contribution in [0.2, 0.25) is 0 Å². The fourth-order valence-corrected chi connectivity index (χ4v) is 2.12. The Balaban J connectivity index is 2.30. The van der Waals surface area contributed by atoms with Crippen LogP contribution in [-0.2, 0) is 9.47 Å². The smallest absolute Gasteiger partial charge is 0.410 e. The maximum atomic E-state index is 12.0. The summed E-state index contributed by atoms with van der Waals surface area (Å²) in [5.74, 6) is 0.540. The van der Waals surface area contributed by atoms with Gasteiger partial charge in [0, 0.05) is 39.3 Å². The minimum Gasteiger partial charge on any atom is -0.444 e. The second-order valence-electron chi connectivity index (χ2n) is 6.97. The second kappa shape index (κ2) is 8.96. The summed E-state index contributed by atoms with van der Waals surface area (Å²) in [6.07, 6.45) is 0.840. The zero-order valence-corrected chi connectivity index (χ0v) is 15.2. The molecule has 134 valence electrons. The van der Waals surface area contributed by atoms with Crippen LogP contribution >= 0.6 is 0 Å². The van der Waals surface area contributed by atoms with Crippen molar-refractivity contribution >= 4 is 12.1 Å². The molecule has 0 aromatic heterocycles. The summed E-state index contributed by atoms with van der Waals surface area (Å²) < 4.78 is 10.8. The zero-order chi connectivity index (χ0) is 17.5. The van der Waals surface area contributed by atoms with E-state index in [0.717, 1.165) is 6.42 Å². The maximum absolute atomic E-state index is 12.0. The van der Waals surface area contributed by atoms with Gasteiger partial charge >= 0.3 is 6.09 Å². The monoisotopic (exact) mass is 328 g/mol. The topological polar surface area (TPSA) is 80.4 Å². The molecule has 1 heterocycles. The van der Waals surface area contributed by atoms with Gasteiger partial charge in [-0.25, -0.2) is 4.79 Å². The molecule has 0 aromatic carbocycles. The molecule has 23 heavy (non-hydrogen) atoms. The highest BCUT2D eigenvalue weighted by molar-refractivity contribution is 5.78. The molecule has 1 fully saturated rings. The first kappa shape index (κ1) is 19.5. The van der Waals surface area contributed by atoms with Crippen LogP contribution in [-0.4, -0.2) is 72.9 Å². The fraction of sp³-hybridized carbons (Fsp3) is 0.875. The molecule has 0 atom stereocenters. The first-order valence-electron chi connectivity index (χ1n) is 8.33. The molecule has 7 nitrogen and oxygen atoms in total. The Morgan fingerprint density at radius 3 is 2.26 bits per heavy atom. The standard InChI is InChI=1S/C16H32N4O3/c1-13(2)22-12-6-7-18-14(17)19-8-10-20(11-9-19)15(21)23-16(3,4)5/h13H,6-12H2,1-5H3,(H2,17,18). The van der Waals surface area contributed by atoms with Crippen LogP contribution in [0, 0.1) is 0 Å². The van der Waals surface area contributed by atoms with E-state index in [9.17, 15) is 4.79 Å². The summed E-state index contributed by atoms with van der Waals surface area (Å²) in [5.41, 5.74) is 5.55. The summed E-state index contributed by atoms with van der Waals surface area (Å²) in [4.78, 5) is 20.1. The van der Waals surface area contributed by atoms with Crippen molar-refractivity contribution in [1.82, 2.24) is 9.80 Å². The summed E-state index contributed by atoms with van der Waals surface area (Å²) in [7, 11) is 0. The van der Waals surface area contributed by atoms with E-state index in [2.05, 4.69) is 4.99 Å². The molecule has 7 heteroatoms. The molecule has 0 unspecified atom stereocenters. The molecule has 0 radical (unpaired) electrons. The number of hydrogen-bond acceptors (Lipinski definition) is 4. The summed E-state index contributed by atoms with van der Waals surface area (Å²) in [5, 5.41) is 0. The highest BCUT2D eigenvalue weighted by Crippen LogP contribution is 2.11. The third kappa shape index (κ3) is 8.06. The third-order valence-electron chi connectivity index (χ3n) is 3.28. The number of piperazine rings is 1. The molecule has 1 aliphatic heterocycles. The Kier molecular flexibility index (Phi) is 7.61. The van der Waals surface area contributed by atoms with Crippen LogP contribution in [0.4, 0.5) is 4.79 Å². The molecular formula is C16H32N4O3. The van der Waals surface area contributed by atoms with Gasteiger partial charge < -0.3 is 25.0 Å². The minimum absolute atomic E-state index is 0.247. The van der Waals surface area contributed by atoms with Gasteiger partial charge in [-0.15, -0.1) is 0 Å². The number of rotatable bonds is 5. The highest BCUT2D eigenvalue weighted by Gasteiger charge is 2.26. The third-order valence-corrected chi connectivity index (χ3v) is 3.28. The van der Waals surface area contributed by atoms with Crippen LogP contribution < -0.4 is 5.73 Å². The molecular weight excluding hydrogens is 296 g/mol. The van der Waals surface area contributed by atoms with Crippen molar-refractivity contribution in [1.29, 1.82) is 0 Å². The van der Waals surface area contributed by atoms with Crippen molar-refractivity contribution in [3.05, 3.63) is 0 Å². The number of nitrogens with two attached hydrogens (primary N) is 1. The summed E-state index contributed by atoms with van der Waals surface area (Å²) in [6, 6.07) is 0. The van der Waals surface area contributed by atoms with Crippen molar-refractivity contribution < 1.29 is 14.3 Å². The van der Waals surface area contributed by atoms with Crippen molar-refractivity contribution in [2.75, 3.05) is 39.3 Å². The lowest BCUT2D eigenvalue weighted by Gasteiger charge is -2.36. The fourth-order valence-electron chi connectivity index (χ4n) is 2.12. The lowest BCUT2D eigenvalue weighted by molar-refractivity contribution is 0.0186. The number of hydrogen-bond donors (Lipinski definition) is 1. The molecule has 1 saturated heterocycles. The van der Waals surface area contributed by atoms with Crippen molar-refractivity contribution in [2.24, 2.45) is 10.7 Å². The number of carbonyl (C=O) groups is 1. The van der Waals surface area contributed by atoms with Crippen molar-refractivity contribution in [2.45, 2.75) is 52.7 Å². The number of ether oxygens (including phenoxy) is 2. The molecule has 0 spiro atoms. The Morgan fingerprint density at radius 2 is 1.74 bits per heavy atom. The van der Waals surface area contributed by atoms with E-state index in [1.807, 2.05) is 39.5 Å². The first-order valence-corrected chi connectivity index (χ1v) is 8.33. The quantitative estimate of drug-likeness (QED) is 0.472. The van der Waals surface area contributed by atoms with Gasteiger partial charge in [0.2, 0.25) is 0 Å². The van der Waals surface area contributed by atoms with Crippen LogP contribution in [0.3, 0.4) is 0 Å². The average Bonchev–Trinajstić information content (AvgIpc) is 2.44. The Hall–Kier alpha value is -1.50. The molecule has 0 aromatic rings. The van der Waals surface area contributed by atoms with Crippen LogP contribution in [0.1, 0.15) is 41.0 Å². The molecule has 0 bridgehead atoms. The first-order chi connectivity index (χ1) is 10.7. The predicted octanol–water partition coefficient (Wildman–Crippen LogP) is 1.67. The van der Waals surface area contributed by atoms with Crippen molar-refractivity contribution in [3.63, 3.8) is 0 Å². The summed E-state index contributed by atoms with van der Waals surface area (Å²) >= 11 is 0. The molecule has 0 aliphatic carbocycles. The number of carbonyl (C=O) groups excluding carboxylic acids is 1. The highest BCUT2D eigenvalue weighted by atomic mass is 16.6. The number of guanidine groups is 1. The average molecular weight is 328 g/mol. The Bertz CT molecular complexity index is 397. The number of amides is 1. The maximum Gasteiger partial charge on any atom is 0.410 e. The van der Waals surface area contributed by atoms with Gasteiger partial charge in [0.1, 0.15) is 5.60 Å². The van der Waals surface area contributed by atoms with Gasteiger partial charge in [0.15, 0.2) is 5.96 Å². The van der Waals surface area contributed by atoms with Crippen molar-refractivity contribution in [3.8, 4) is 0 Å². The Labute approximate surface area is 139 Å². The van der Waals surface area contributed by atoms with E-state index in [1.54, 1.807) is 4.90 Å². The molecule has 2 N–H and O–H groups in total. The van der Waals surface area contributed by atoms with Crippen LogP contribution in [0.5, 0.6) is 0 Å². The predicted molar refractivity (Wildman–Crippen MR) is 91.6 cm³/mol. The van der Waals surface area contributed by atoms with E-state index in [1.165, 1.54) is 0 Å². The molecule has 1 rings (SSSR count). The van der Waals surface area contributed by atoms with E-state index in [4.69, 9.17) is 15.2 Å². The van der Waals surface area contributed by atoms with Gasteiger partial charge in [-0.1, -0.05) is 0 Å². The van der Waals surface area contributed by atoms with Crippen LogP contribution in [0.25, 0.3) is 0 Å². The van der Waals surface area contributed by atoms with Gasteiger partial charge in [0.05, 0.1) is 6.10 Å². The number of aliphatic imine (C=N–C) groups is 1. The van der Waals surface area contributed by atoms with Crippen LogP contribution in [0.15, 0.2) is 4.99 Å². The number of nitrogens with zero attached hydrogens (tertiary/aromatic N) is 3. The second-order valence-corrected chi connectivity index (χ2v) is 6.97. The van der Waals surface area contributed by atoms with E-state index < -0.39 is 5.60 Å². The molecule has 1 aliphatic rings. The zero-order valence-electron chi connectivity index (χ0n) is 15.2. The van der Waals surface area contributed by atoms with E-state index in [0.29, 0.717) is 45.3 Å².